The summed E-state index contributed by atoms with van der Waals surface area (Å²) < 4.78 is 1.73. The average Bonchev–Trinajstić information content (AvgIpc) is 2.78. The number of aromatic nitrogens is 4. The fourth-order valence-corrected chi connectivity index (χ4v) is 1.46. The van der Waals surface area contributed by atoms with E-state index in [1.807, 2.05) is 0 Å². The molecule has 0 aliphatic heterocycles. The monoisotopic (exact) mass is 233 g/mol. The third-order valence-electron chi connectivity index (χ3n) is 2.24. The molecule has 0 saturated heterocycles. The summed E-state index contributed by atoms with van der Waals surface area (Å²) >= 11 is 0. The summed E-state index contributed by atoms with van der Waals surface area (Å²) in [6.07, 6.45) is 7.56. The summed E-state index contributed by atoms with van der Waals surface area (Å²) in [7, 11) is 0. The molecule has 0 spiro atoms. The average molecular weight is 233 g/mol. The van der Waals surface area contributed by atoms with Crippen molar-refractivity contribution in [2.24, 2.45) is 0 Å². The molecule has 88 valence electrons. The van der Waals surface area contributed by atoms with Crippen molar-refractivity contribution in [1.29, 1.82) is 0 Å². The minimum atomic E-state index is -0.523. The summed E-state index contributed by atoms with van der Waals surface area (Å²) in [5.41, 5.74) is -0.120. The first-order valence-electron chi connectivity index (χ1n) is 5.21. The first-order chi connectivity index (χ1) is 8.22. The topological polar surface area (TPSA) is 86.7 Å². The van der Waals surface area contributed by atoms with Crippen LogP contribution in [0.5, 0.6) is 0 Å². The Kier molecular flexibility index (Phi) is 3.08. The Morgan fingerprint density at radius 1 is 1.35 bits per heavy atom. The van der Waals surface area contributed by atoms with Gasteiger partial charge in [0.2, 0.25) is 5.95 Å². The van der Waals surface area contributed by atoms with Gasteiger partial charge in [-0.3, -0.25) is 14.7 Å². The molecular weight excluding hydrogens is 222 g/mol. The Labute approximate surface area is 97.3 Å². The number of hydrogen-bond acceptors (Lipinski definition) is 5. The smallest absolute Gasteiger partial charge is 0.272 e. The second-order valence-electron chi connectivity index (χ2n) is 3.46. The van der Waals surface area contributed by atoms with Gasteiger partial charge in [-0.05, 0) is 6.42 Å². The fourth-order valence-electron chi connectivity index (χ4n) is 1.46. The molecule has 2 rings (SSSR count). The maximum atomic E-state index is 10.5. The zero-order valence-electron chi connectivity index (χ0n) is 9.28. The van der Waals surface area contributed by atoms with Crippen LogP contribution in [0.15, 0.2) is 24.8 Å². The number of nitro groups is 1. The summed E-state index contributed by atoms with van der Waals surface area (Å²) in [5.74, 6) is 1.25. The second kappa shape index (κ2) is 4.69. The lowest BCUT2D eigenvalue weighted by molar-refractivity contribution is -0.385. The third-order valence-corrected chi connectivity index (χ3v) is 2.24. The molecule has 0 fully saturated rings. The van der Waals surface area contributed by atoms with E-state index in [-0.39, 0.29) is 5.69 Å². The highest BCUT2D eigenvalue weighted by Crippen LogP contribution is 2.11. The van der Waals surface area contributed by atoms with Gasteiger partial charge in [0.05, 0.1) is 4.92 Å². The van der Waals surface area contributed by atoms with Crippen LogP contribution in [0.1, 0.15) is 19.2 Å². The van der Waals surface area contributed by atoms with Crippen molar-refractivity contribution in [3.8, 4) is 5.95 Å². The molecule has 0 N–H and O–H groups in total. The molecule has 2 aromatic rings. The molecular formula is C10H11N5O2. The number of aryl methyl sites for hydroxylation is 1. The van der Waals surface area contributed by atoms with Crippen molar-refractivity contribution in [3.05, 3.63) is 40.7 Å². The van der Waals surface area contributed by atoms with E-state index in [1.165, 1.54) is 12.4 Å². The summed E-state index contributed by atoms with van der Waals surface area (Å²) in [6, 6.07) is 0. The number of nitrogens with zero attached hydrogens (tertiary/aromatic N) is 5. The molecule has 0 amide bonds. The van der Waals surface area contributed by atoms with Crippen LogP contribution in [0, 0.1) is 10.1 Å². The van der Waals surface area contributed by atoms with Crippen molar-refractivity contribution in [2.75, 3.05) is 0 Å². The van der Waals surface area contributed by atoms with Gasteiger partial charge in [-0.1, -0.05) is 6.92 Å². The predicted octanol–water partition coefficient (Wildman–Crippen LogP) is 1.52. The quantitative estimate of drug-likeness (QED) is 0.590. The lowest BCUT2D eigenvalue weighted by atomic mass is 10.3. The Bertz CT molecular complexity index is 520. The highest BCUT2D eigenvalue weighted by Gasteiger charge is 2.10. The largest absolute Gasteiger partial charge is 0.305 e. The van der Waals surface area contributed by atoms with E-state index in [4.69, 9.17) is 0 Å². The van der Waals surface area contributed by atoms with Gasteiger partial charge in [0.15, 0.2) is 0 Å². The molecule has 0 radical (unpaired) electrons. The summed E-state index contributed by atoms with van der Waals surface area (Å²) in [6.45, 7) is 2.05. The first-order valence-corrected chi connectivity index (χ1v) is 5.21. The van der Waals surface area contributed by atoms with E-state index in [1.54, 1.807) is 17.0 Å². The number of hydrogen-bond donors (Lipinski definition) is 0. The van der Waals surface area contributed by atoms with Gasteiger partial charge in [0.25, 0.3) is 0 Å². The summed E-state index contributed by atoms with van der Waals surface area (Å²) in [4.78, 5) is 22.1. The molecule has 7 heteroatoms. The molecule has 0 atom stereocenters. The fraction of sp³-hybridized carbons (Fsp3) is 0.300. The zero-order chi connectivity index (χ0) is 12.3. The zero-order valence-corrected chi connectivity index (χ0v) is 9.28. The van der Waals surface area contributed by atoms with E-state index < -0.39 is 4.92 Å². The van der Waals surface area contributed by atoms with Gasteiger partial charge < -0.3 is 0 Å². The number of rotatable bonds is 4. The highest BCUT2D eigenvalue weighted by atomic mass is 16.6. The van der Waals surface area contributed by atoms with E-state index >= 15 is 0 Å². The summed E-state index contributed by atoms with van der Waals surface area (Å²) in [5, 5.41) is 10.5. The van der Waals surface area contributed by atoms with Crippen molar-refractivity contribution < 1.29 is 4.92 Å². The molecule has 17 heavy (non-hydrogen) atoms. The molecule has 0 aliphatic rings. The molecule has 2 aromatic heterocycles. The van der Waals surface area contributed by atoms with Crippen LogP contribution < -0.4 is 0 Å². The van der Waals surface area contributed by atoms with Gasteiger partial charge in [-0.2, -0.15) is 0 Å². The van der Waals surface area contributed by atoms with E-state index in [9.17, 15) is 10.1 Å². The van der Waals surface area contributed by atoms with Crippen molar-refractivity contribution in [2.45, 2.75) is 19.8 Å². The first kappa shape index (κ1) is 11.2. The maximum absolute atomic E-state index is 10.5. The van der Waals surface area contributed by atoms with Crippen LogP contribution in [0.25, 0.3) is 5.95 Å². The van der Waals surface area contributed by atoms with Crippen LogP contribution in [0.4, 0.5) is 5.69 Å². The Balaban J connectivity index is 2.33. The van der Waals surface area contributed by atoms with Crippen molar-refractivity contribution >= 4 is 5.69 Å². The van der Waals surface area contributed by atoms with Gasteiger partial charge in [-0.15, -0.1) is 0 Å². The second-order valence-corrected chi connectivity index (χ2v) is 3.46. The maximum Gasteiger partial charge on any atom is 0.305 e. The molecule has 0 saturated carbocycles. The van der Waals surface area contributed by atoms with Crippen LogP contribution in [-0.2, 0) is 6.42 Å². The Morgan fingerprint density at radius 2 is 2.06 bits per heavy atom. The highest BCUT2D eigenvalue weighted by molar-refractivity contribution is 5.25. The normalized spacial score (nSPS) is 10.4. The predicted molar refractivity (Wildman–Crippen MR) is 59.8 cm³/mol. The van der Waals surface area contributed by atoms with Crippen LogP contribution in [0.2, 0.25) is 0 Å². The van der Waals surface area contributed by atoms with Gasteiger partial charge in [-0.25, -0.2) is 15.0 Å². The molecule has 0 aromatic carbocycles. The van der Waals surface area contributed by atoms with E-state index in [0.717, 1.165) is 18.7 Å². The van der Waals surface area contributed by atoms with Crippen LogP contribution in [-0.4, -0.2) is 24.4 Å². The standard InChI is InChI=1S/C10H11N5O2/c1-2-3-9-11-4-5-14(9)10-12-6-8(7-13-10)15(16)17/h4-7H,2-3H2,1H3. The van der Waals surface area contributed by atoms with Gasteiger partial charge in [0, 0.05) is 18.8 Å². The van der Waals surface area contributed by atoms with Crippen molar-refractivity contribution in [3.63, 3.8) is 0 Å². The van der Waals surface area contributed by atoms with Crippen molar-refractivity contribution in [1.82, 2.24) is 19.5 Å². The van der Waals surface area contributed by atoms with Gasteiger partial charge in [0.1, 0.15) is 18.2 Å². The van der Waals surface area contributed by atoms with Crippen LogP contribution in [0.3, 0.4) is 0 Å². The molecule has 0 bridgehead atoms. The van der Waals surface area contributed by atoms with E-state index in [0.29, 0.717) is 5.95 Å². The lowest BCUT2D eigenvalue weighted by Crippen LogP contribution is -2.05. The SMILES string of the molecule is CCCc1nccn1-c1ncc([N+](=O)[O-])cn1. The third kappa shape index (κ3) is 2.27. The molecule has 2 heterocycles. The molecule has 0 unspecified atom stereocenters. The van der Waals surface area contributed by atoms with Crippen LogP contribution >= 0.6 is 0 Å². The van der Waals surface area contributed by atoms with Gasteiger partial charge >= 0.3 is 5.69 Å². The Morgan fingerprint density at radius 3 is 2.65 bits per heavy atom. The van der Waals surface area contributed by atoms with E-state index in [2.05, 4.69) is 21.9 Å². The number of imidazole rings is 1. The minimum Gasteiger partial charge on any atom is -0.272 e. The Hall–Kier alpha value is -2.31. The minimum absolute atomic E-state index is 0.120. The molecule has 7 nitrogen and oxygen atoms in total. The molecule has 0 aliphatic carbocycles. The lowest BCUT2D eigenvalue weighted by Gasteiger charge is -2.03.